The number of pyridine rings is 2. The van der Waals surface area contributed by atoms with Gasteiger partial charge >= 0.3 is 12.1 Å². The van der Waals surface area contributed by atoms with Gasteiger partial charge in [-0.2, -0.15) is 0 Å². The third-order valence-corrected chi connectivity index (χ3v) is 4.38. The summed E-state index contributed by atoms with van der Waals surface area (Å²) in [5, 5.41) is 8.46. The van der Waals surface area contributed by atoms with Gasteiger partial charge in [-0.25, -0.2) is 19.0 Å². The second-order valence-corrected chi connectivity index (χ2v) is 7.93. The van der Waals surface area contributed by atoms with Crippen molar-refractivity contribution in [1.82, 2.24) is 15.3 Å². The van der Waals surface area contributed by atoms with Crippen LogP contribution in [0, 0.1) is 12.7 Å². The van der Waals surface area contributed by atoms with Crippen molar-refractivity contribution in [1.29, 1.82) is 0 Å². The number of amides is 3. The lowest BCUT2D eigenvalue weighted by molar-refractivity contribution is 0.0635. The average Bonchev–Trinajstić information content (AvgIpc) is 2.69. The molecule has 0 saturated heterocycles. The zero-order valence-corrected chi connectivity index (χ0v) is 18.0. The maximum Gasteiger partial charge on any atom is 0.412 e. The van der Waals surface area contributed by atoms with E-state index in [1.807, 2.05) is 6.92 Å². The Kier molecular flexibility index (Phi) is 6.05. The number of benzene rings is 1. The van der Waals surface area contributed by atoms with E-state index in [2.05, 4.69) is 25.9 Å². The minimum Gasteiger partial charge on any atom is -0.444 e. The Morgan fingerprint density at radius 1 is 1.10 bits per heavy atom. The number of carbonyl (C=O) groups excluding carboxylic acids is 2. The summed E-state index contributed by atoms with van der Waals surface area (Å²) in [5.74, 6) is -0.362. The predicted molar refractivity (Wildman–Crippen MR) is 118 cm³/mol. The number of aromatic nitrogens is 2. The molecule has 8 nitrogen and oxygen atoms in total. The van der Waals surface area contributed by atoms with Crippen LogP contribution in [0.2, 0.25) is 0 Å². The maximum absolute atomic E-state index is 15.6. The molecule has 31 heavy (non-hydrogen) atoms. The number of ether oxygens (including phenoxy) is 1. The highest BCUT2D eigenvalue weighted by Gasteiger charge is 2.22. The van der Waals surface area contributed by atoms with Gasteiger partial charge in [0.2, 0.25) is 0 Å². The molecular formula is C22H24FN5O3. The Balaban J connectivity index is 2.19. The molecule has 0 aliphatic rings. The van der Waals surface area contributed by atoms with Crippen molar-refractivity contribution in [2.24, 2.45) is 0 Å². The smallest absolute Gasteiger partial charge is 0.412 e. The van der Waals surface area contributed by atoms with Crippen molar-refractivity contribution in [3.05, 3.63) is 48.2 Å². The Labute approximate surface area is 179 Å². The van der Waals surface area contributed by atoms with Gasteiger partial charge in [0.1, 0.15) is 11.4 Å². The third kappa shape index (κ3) is 5.06. The topological polar surface area (TPSA) is 105 Å². The Morgan fingerprint density at radius 3 is 2.48 bits per heavy atom. The fourth-order valence-corrected chi connectivity index (χ4v) is 2.99. The van der Waals surface area contributed by atoms with Gasteiger partial charge in [0.15, 0.2) is 5.82 Å². The van der Waals surface area contributed by atoms with Gasteiger partial charge in [-0.05, 0) is 56.8 Å². The molecule has 0 aliphatic heterocycles. The highest BCUT2D eigenvalue weighted by Crippen LogP contribution is 2.36. The number of aryl methyl sites for hydroxylation is 1. The van der Waals surface area contributed by atoms with Crippen molar-refractivity contribution < 1.29 is 18.7 Å². The molecular weight excluding hydrogens is 401 g/mol. The monoisotopic (exact) mass is 425 g/mol. The van der Waals surface area contributed by atoms with Gasteiger partial charge in [0, 0.05) is 42.2 Å². The molecule has 0 atom stereocenters. The predicted octanol–water partition coefficient (Wildman–Crippen LogP) is 4.84. The minimum absolute atomic E-state index is 0.0657. The van der Waals surface area contributed by atoms with E-state index >= 15 is 4.39 Å². The van der Waals surface area contributed by atoms with E-state index in [1.54, 1.807) is 51.4 Å². The number of urea groups is 1. The molecule has 3 N–H and O–H groups in total. The van der Waals surface area contributed by atoms with E-state index in [4.69, 9.17) is 4.74 Å². The van der Waals surface area contributed by atoms with Gasteiger partial charge in [0.25, 0.3) is 0 Å². The van der Waals surface area contributed by atoms with E-state index in [-0.39, 0.29) is 17.1 Å². The lowest BCUT2D eigenvalue weighted by atomic mass is 9.98. The number of fused-ring (bicyclic) bond motifs is 1. The molecule has 162 valence electrons. The van der Waals surface area contributed by atoms with Gasteiger partial charge in [-0.3, -0.25) is 15.6 Å². The second kappa shape index (κ2) is 8.55. The van der Waals surface area contributed by atoms with Crippen molar-refractivity contribution >= 4 is 34.4 Å². The van der Waals surface area contributed by atoms with Gasteiger partial charge in [0.05, 0.1) is 5.69 Å². The number of rotatable bonds is 3. The van der Waals surface area contributed by atoms with Crippen LogP contribution in [0.5, 0.6) is 0 Å². The van der Waals surface area contributed by atoms with Crippen LogP contribution >= 0.6 is 0 Å². The van der Waals surface area contributed by atoms with Crippen LogP contribution in [0.4, 0.5) is 25.5 Å². The molecule has 3 amide bonds. The fourth-order valence-electron chi connectivity index (χ4n) is 2.99. The van der Waals surface area contributed by atoms with E-state index in [9.17, 15) is 9.59 Å². The molecule has 1 aromatic carbocycles. The SMILES string of the molecule is CNC(=O)Nc1cc2cc(-c3cnccc3C)c(F)c(NC(=O)OC(C)(C)C)c2cn1. The van der Waals surface area contributed by atoms with Crippen LogP contribution < -0.4 is 16.0 Å². The van der Waals surface area contributed by atoms with Gasteiger partial charge in [-0.15, -0.1) is 0 Å². The second-order valence-electron chi connectivity index (χ2n) is 7.93. The molecule has 3 rings (SSSR count). The summed E-state index contributed by atoms with van der Waals surface area (Å²) < 4.78 is 20.9. The molecule has 0 unspecified atom stereocenters. The van der Waals surface area contributed by atoms with Gasteiger partial charge < -0.3 is 10.1 Å². The number of nitrogens with one attached hydrogen (secondary N) is 3. The molecule has 0 spiro atoms. The summed E-state index contributed by atoms with van der Waals surface area (Å²) in [4.78, 5) is 32.3. The molecule has 0 radical (unpaired) electrons. The number of hydrogen-bond acceptors (Lipinski definition) is 5. The quantitative estimate of drug-likeness (QED) is 0.557. The van der Waals surface area contributed by atoms with Crippen LogP contribution in [0.3, 0.4) is 0 Å². The molecule has 3 aromatic rings. The Morgan fingerprint density at radius 2 is 1.84 bits per heavy atom. The van der Waals surface area contributed by atoms with Crippen LogP contribution in [0.25, 0.3) is 21.9 Å². The number of anilines is 2. The molecule has 2 heterocycles. The summed E-state index contributed by atoms with van der Waals surface area (Å²) in [6.45, 7) is 6.99. The van der Waals surface area contributed by atoms with Crippen molar-refractivity contribution in [3.8, 4) is 11.1 Å². The Bertz CT molecular complexity index is 1160. The van der Waals surface area contributed by atoms with Crippen molar-refractivity contribution in [3.63, 3.8) is 0 Å². The largest absolute Gasteiger partial charge is 0.444 e. The lowest BCUT2D eigenvalue weighted by Gasteiger charge is -2.21. The summed E-state index contributed by atoms with van der Waals surface area (Å²) in [5.41, 5.74) is 0.822. The first kappa shape index (κ1) is 21.9. The third-order valence-electron chi connectivity index (χ3n) is 4.38. The van der Waals surface area contributed by atoms with E-state index in [0.29, 0.717) is 16.3 Å². The highest BCUT2D eigenvalue weighted by molar-refractivity contribution is 6.04. The van der Waals surface area contributed by atoms with Crippen molar-refractivity contribution in [2.45, 2.75) is 33.3 Å². The summed E-state index contributed by atoms with van der Waals surface area (Å²) >= 11 is 0. The molecule has 9 heteroatoms. The molecule has 2 aromatic heterocycles. The summed E-state index contributed by atoms with van der Waals surface area (Å²) in [6, 6.07) is 4.56. The molecule has 0 bridgehead atoms. The minimum atomic E-state index is -0.791. The summed E-state index contributed by atoms with van der Waals surface area (Å²) in [6.07, 6.45) is 3.77. The number of hydrogen-bond donors (Lipinski definition) is 3. The zero-order chi connectivity index (χ0) is 22.8. The van der Waals surface area contributed by atoms with Crippen LogP contribution in [0.1, 0.15) is 26.3 Å². The number of nitrogens with zero attached hydrogens (tertiary/aromatic N) is 2. The van der Waals surface area contributed by atoms with Crippen molar-refractivity contribution in [2.75, 3.05) is 17.7 Å². The van der Waals surface area contributed by atoms with Crippen LogP contribution in [-0.2, 0) is 4.74 Å². The number of carbonyl (C=O) groups is 2. The molecule has 0 saturated carbocycles. The Hall–Kier alpha value is -3.75. The normalized spacial score (nSPS) is 11.2. The van der Waals surface area contributed by atoms with E-state index < -0.39 is 23.5 Å². The van der Waals surface area contributed by atoms with Crippen LogP contribution in [0.15, 0.2) is 36.8 Å². The highest BCUT2D eigenvalue weighted by atomic mass is 19.1. The standard InChI is InChI=1S/C22H24FN5O3/c1-12-6-7-25-10-15(12)14-8-13-9-17(27-20(29)24-5)26-11-16(13)19(18(14)23)28-21(30)31-22(2,3)4/h6-11H,1-5H3,(H,28,30)(H2,24,26,27,29). The van der Waals surface area contributed by atoms with E-state index in [1.165, 1.54) is 13.2 Å². The maximum atomic E-state index is 15.6. The first-order valence-corrected chi connectivity index (χ1v) is 9.61. The zero-order valence-electron chi connectivity index (χ0n) is 18.0. The number of halogens is 1. The molecule has 0 aliphatic carbocycles. The van der Waals surface area contributed by atoms with Crippen LogP contribution in [-0.4, -0.2) is 34.7 Å². The lowest BCUT2D eigenvalue weighted by Crippen LogP contribution is -2.27. The van der Waals surface area contributed by atoms with E-state index in [0.717, 1.165) is 5.56 Å². The first-order valence-electron chi connectivity index (χ1n) is 9.61. The average molecular weight is 425 g/mol. The fraction of sp³-hybridized carbons (Fsp3) is 0.273. The first-order chi connectivity index (χ1) is 14.6. The van der Waals surface area contributed by atoms with Gasteiger partial charge in [-0.1, -0.05) is 0 Å². The molecule has 0 fully saturated rings. The summed E-state index contributed by atoms with van der Waals surface area (Å²) in [7, 11) is 1.48.